The number of piperazine rings is 1. The van der Waals surface area contributed by atoms with E-state index in [-0.39, 0.29) is 22.7 Å². The minimum Gasteiger partial charge on any atom is -0.345 e. The summed E-state index contributed by atoms with van der Waals surface area (Å²) in [6, 6.07) is 15.0. The number of tetrazole rings is 1. The molecule has 1 atom stereocenters. The fourth-order valence-electron chi connectivity index (χ4n) is 4.57. The first-order chi connectivity index (χ1) is 16.8. The van der Waals surface area contributed by atoms with E-state index in [1.165, 1.54) is 9.38 Å². The molecule has 9 nitrogen and oxygen atoms in total. The van der Waals surface area contributed by atoms with Crippen LogP contribution < -0.4 is 4.90 Å². The summed E-state index contributed by atoms with van der Waals surface area (Å²) >= 11 is 1.72. The molecule has 35 heavy (non-hydrogen) atoms. The van der Waals surface area contributed by atoms with Gasteiger partial charge in [0.05, 0.1) is 21.2 Å². The highest BCUT2D eigenvalue weighted by Crippen LogP contribution is 2.32. The van der Waals surface area contributed by atoms with Gasteiger partial charge in [-0.2, -0.15) is 0 Å². The molecule has 1 fully saturated rings. The van der Waals surface area contributed by atoms with Gasteiger partial charge in [-0.25, -0.2) is 18.1 Å². The summed E-state index contributed by atoms with van der Waals surface area (Å²) in [5.74, 6) is 0.507. The molecule has 4 aromatic rings. The van der Waals surface area contributed by atoms with Crippen LogP contribution in [-0.4, -0.2) is 64.7 Å². The van der Waals surface area contributed by atoms with Gasteiger partial charge in [0.15, 0.2) is 26.7 Å². The summed E-state index contributed by atoms with van der Waals surface area (Å²) in [4.78, 5) is 9.76. The summed E-state index contributed by atoms with van der Waals surface area (Å²) in [6.07, 6.45) is 0. The SMILES string of the molecule is Cc1ccc(S(=O)(=O)Cn2nnnc2[C@@H](C(C)C)N2CCN(c3nc4ccccc4s3)CC2)cc1. The number of sulfone groups is 1. The number of nitrogens with zero attached hydrogens (tertiary/aromatic N) is 7. The summed E-state index contributed by atoms with van der Waals surface area (Å²) in [5.41, 5.74) is 2.04. The number of anilines is 1. The van der Waals surface area contributed by atoms with E-state index in [2.05, 4.69) is 45.2 Å². The van der Waals surface area contributed by atoms with Crippen LogP contribution in [-0.2, 0) is 15.7 Å². The minimum absolute atomic E-state index is 0.0873. The number of hydrogen-bond acceptors (Lipinski definition) is 9. The first-order valence-electron chi connectivity index (χ1n) is 11.7. The minimum atomic E-state index is -3.58. The van der Waals surface area contributed by atoms with Crippen LogP contribution in [0.4, 0.5) is 5.13 Å². The zero-order chi connectivity index (χ0) is 24.6. The van der Waals surface area contributed by atoms with Gasteiger partial charge >= 0.3 is 0 Å². The molecule has 3 heterocycles. The van der Waals surface area contributed by atoms with Crippen molar-refractivity contribution in [1.82, 2.24) is 30.1 Å². The number of rotatable bonds is 7. The van der Waals surface area contributed by atoms with Crippen molar-refractivity contribution in [3.8, 4) is 0 Å². The zero-order valence-corrected chi connectivity index (χ0v) is 21.7. The number of fused-ring (bicyclic) bond motifs is 1. The lowest BCUT2D eigenvalue weighted by atomic mass is 10.0. The number of thiazole rings is 1. The Hall–Kier alpha value is -2.89. The molecule has 0 bridgehead atoms. The monoisotopic (exact) mass is 511 g/mol. The third kappa shape index (κ3) is 4.93. The first-order valence-corrected chi connectivity index (χ1v) is 14.2. The van der Waals surface area contributed by atoms with Crippen molar-refractivity contribution in [2.75, 3.05) is 31.1 Å². The molecular formula is C24H29N7O2S2. The third-order valence-corrected chi connectivity index (χ3v) is 9.06. The normalized spacial score (nSPS) is 16.3. The van der Waals surface area contributed by atoms with Crippen LogP contribution in [0.25, 0.3) is 10.2 Å². The zero-order valence-electron chi connectivity index (χ0n) is 20.1. The molecule has 5 rings (SSSR count). The number of aryl methyl sites for hydroxylation is 1. The predicted octanol–water partition coefficient (Wildman–Crippen LogP) is 3.54. The molecule has 2 aromatic carbocycles. The first kappa shape index (κ1) is 23.8. The molecule has 0 radical (unpaired) electrons. The highest BCUT2D eigenvalue weighted by Gasteiger charge is 2.33. The van der Waals surface area contributed by atoms with E-state index in [1.807, 2.05) is 25.1 Å². The average molecular weight is 512 g/mol. The van der Waals surface area contributed by atoms with Crippen molar-refractivity contribution in [3.63, 3.8) is 0 Å². The van der Waals surface area contributed by atoms with Crippen molar-refractivity contribution >= 4 is 36.5 Å². The van der Waals surface area contributed by atoms with Gasteiger partial charge < -0.3 is 4.90 Å². The van der Waals surface area contributed by atoms with Crippen molar-refractivity contribution in [3.05, 3.63) is 59.9 Å². The molecule has 11 heteroatoms. The van der Waals surface area contributed by atoms with Gasteiger partial charge in [-0.15, -0.1) is 5.10 Å². The van der Waals surface area contributed by atoms with E-state index in [1.54, 1.807) is 35.6 Å². The maximum Gasteiger partial charge on any atom is 0.198 e. The fourth-order valence-corrected chi connectivity index (χ4v) is 6.79. The molecule has 0 amide bonds. The van der Waals surface area contributed by atoms with E-state index in [0.717, 1.165) is 42.4 Å². The largest absolute Gasteiger partial charge is 0.345 e. The van der Waals surface area contributed by atoms with Crippen LogP contribution in [0.3, 0.4) is 0 Å². The molecule has 1 aliphatic heterocycles. The Bertz CT molecular complexity index is 1370. The molecule has 0 N–H and O–H groups in total. The van der Waals surface area contributed by atoms with Gasteiger partial charge in [-0.05, 0) is 47.5 Å². The molecular weight excluding hydrogens is 482 g/mol. The van der Waals surface area contributed by atoms with Crippen molar-refractivity contribution < 1.29 is 8.42 Å². The number of aromatic nitrogens is 5. The molecule has 2 aromatic heterocycles. The van der Waals surface area contributed by atoms with Crippen LogP contribution in [0, 0.1) is 12.8 Å². The molecule has 1 saturated heterocycles. The highest BCUT2D eigenvalue weighted by molar-refractivity contribution is 7.90. The Morgan fingerprint density at radius 3 is 2.40 bits per heavy atom. The van der Waals surface area contributed by atoms with Crippen molar-refractivity contribution in [1.29, 1.82) is 0 Å². The second-order valence-corrected chi connectivity index (χ2v) is 12.2. The van der Waals surface area contributed by atoms with Crippen LogP contribution in [0.1, 0.15) is 31.3 Å². The lowest BCUT2D eigenvalue weighted by molar-refractivity contribution is 0.135. The molecule has 0 saturated carbocycles. The second kappa shape index (κ2) is 9.63. The maximum atomic E-state index is 13.1. The highest BCUT2D eigenvalue weighted by atomic mass is 32.2. The van der Waals surface area contributed by atoms with Gasteiger partial charge in [-0.3, -0.25) is 4.90 Å². The van der Waals surface area contributed by atoms with Crippen LogP contribution in [0.15, 0.2) is 53.4 Å². The van der Waals surface area contributed by atoms with Crippen molar-refractivity contribution in [2.24, 2.45) is 5.92 Å². The number of benzene rings is 2. The topological polar surface area (TPSA) is 97.1 Å². The Morgan fingerprint density at radius 2 is 1.71 bits per heavy atom. The van der Waals surface area contributed by atoms with Gasteiger partial charge in [0.25, 0.3) is 0 Å². The van der Waals surface area contributed by atoms with Gasteiger partial charge in [0.1, 0.15) is 0 Å². The lowest BCUT2D eigenvalue weighted by Crippen LogP contribution is -2.49. The quantitative estimate of drug-likeness (QED) is 0.372. The van der Waals surface area contributed by atoms with Crippen molar-refractivity contribution in [2.45, 2.75) is 37.6 Å². The molecule has 1 aliphatic rings. The van der Waals surface area contributed by atoms with E-state index in [4.69, 9.17) is 4.98 Å². The predicted molar refractivity (Wildman–Crippen MR) is 137 cm³/mol. The summed E-state index contributed by atoms with van der Waals surface area (Å²) in [7, 11) is -3.58. The molecule has 0 aliphatic carbocycles. The smallest absolute Gasteiger partial charge is 0.198 e. The Labute approximate surface area is 209 Å². The summed E-state index contributed by atoms with van der Waals surface area (Å²) < 4.78 is 28.8. The maximum absolute atomic E-state index is 13.1. The van der Waals surface area contributed by atoms with E-state index < -0.39 is 9.84 Å². The summed E-state index contributed by atoms with van der Waals surface area (Å²) in [6.45, 7) is 9.49. The lowest BCUT2D eigenvalue weighted by Gasteiger charge is -2.40. The van der Waals surface area contributed by atoms with E-state index in [9.17, 15) is 8.42 Å². The van der Waals surface area contributed by atoms with Crippen LogP contribution >= 0.6 is 11.3 Å². The molecule has 184 valence electrons. The number of hydrogen-bond donors (Lipinski definition) is 0. The van der Waals surface area contributed by atoms with E-state index >= 15 is 0 Å². The Morgan fingerprint density at radius 1 is 1.00 bits per heavy atom. The van der Waals surface area contributed by atoms with Gasteiger partial charge in [-0.1, -0.05) is 55.0 Å². The molecule has 0 unspecified atom stereocenters. The summed E-state index contributed by atoms with van der Waals surface area (Å²) in [5, 5.41) is 13.2. The van der Waals surface area contributed by atoms with Gasteiger partial charge in [0, 0.05) is 26.2 Å². The van der Waals surface area contributed by atoms with Crippen LogP contribution in [0.2, 0.25) is 0 Å². The Balaban J connectivity index is 1.33. The molecule has 0 spiro atoms. The average Bonchev–Trinajstić information content (AvgIpc) is 3.46. The Kier molecular flexibility index (Phi) is 6.56. The van der Waals surface area contributed by atoms with Gasteiger partial charge in [0.2, 0.25) is 0 Å². The fraction of sp³-hybridized carbons (Fsp3) is 0.417. The third-order valence-electron chi connectivity index (χ3n) is 6.39. The number of para-hydroxylation sites is 1. The van der Waals surface area contributed by atoms with E-state index in [0.29, 0.717) is 5.82 Å². The van der Waals surface area contributed by atoms with Crippen LogP contribution in [0.5, 0.6) is 0 Å². The standard InChI is InChI=1S/C24H29N7O2S2/c1-17(2)22(23-26-27-28-31(23)16-35(32,33)19-10-8-18(3)9-11-19)29-12-14-30(15-13-29)24-25-20-6-4-5-7-21(20)34-24/h4-11,17,22H,12-16H2,1-3H3/t22-/m1/s1. The second-order valence-electron chi connectivity index (χ2n) is 9.27.